The number of hydrogen-bond donors (Lipinski definition) is 2. The van der Waals surface area contributed by atoms with Gasteiger partial charge in [-0.2, -0.15) is 10.5 Å². The summed E-state index contributed by atoms with van der Waals surface area (Å²) in [7, 11) is 0. The fourth-order valence-electron chi connectivity index (χ4n) is 0.898. The molecule has 0 aliphatic heterocycles. The third-order valence-corrected chi connectivity index (χ3v) is 1.72. The van der Waals surface area contributed by atoms with E-state index in [9.17, 15) is 0 Å². The van der Waals surface area contributed by atoms with Gasteiger partial charge < -0.3 is 22.3 Å². The van der Waals surface area contributed by atoms with E-state index < -0.39 is 0 Å². The molecule has 0 bridgehead atoms. The maximum atomic E-state index is 8.30. The second kappa shape index (κ2) is 11.1. The first-order valence-corrected chi connectivity index (χ1v) is 4.95. The molecule has 0 rings (SSSR count). The molecule has 0 heterocycles. The first-order chi connectivity index (χ1) is 8.18. The Balaban J connectivity index is -0.000000256. The average Bonchev–Trinajstić information content (AvgIpc) is 2.17. The molecular formula is C12H16N6Zn. The molecule has 7 heteroatoms. The van der Waals surface area contributed by atoms with Crippen molar-refractivity contribution in [2.45, 2.75) is 27.7 Å². The smallest absolute Gasteiger partial charge is 0.701 e. The molecule has 0 aromatic carbocycles. The van der Waals surface area contributed by atoms with Gasteiger partial charge in [0.2, 0.25) is 0 Å². The van der Waals surface area contributed by atoms with Crippen LogP contribution in [0.2, 0.25) is 0 Å². The molecule has 96 valence electrons. The van der Waals surface area contributed by atoms with Gasteiger partial charge in [-0.25, -0.2) is 0 Å². The maximum absolute atomic E-state index is 8.30. The predicted molar refractivity (Wildman–Crippen MR) is 72.1 cm³/mol. The first kappa shape index (κ1) is 22.2. The van der Waals surface area contributed by atoms with Crippen LogP contribution < -0.4 is 0 Å². The van der Waals surface area contributed by atoms with Crippen molar-refractivity contribution >= 4 is 11.4 Å². The molecule has 0 aliphatic rings. The van der Waals surface area contributed by atoms with Gasteiger partial charge in [-0.3, -0.25) is 0 Å². The molecular weight excluding hydrogens is 294 g/mol. The fraction of sp³-hybridized carbons (Fsp3) is 0.333. The zero-order chi connectivity index (χ0) is 14.9. The zero-order valence-corrected chi connectivity index (χ0v) is 14.6. The van der Waals surface area contributed by atoms with Crippen LogP contribution in [0.5, 0.6) is 0 Å². The van der Waals surface area contributed by atoms with Gasteiger partial charge in [0.1, 0.15) is 0 Å². The number of nitrogens with one attached hydrogen (secondary N) is 4. The molecule has 0 saturated carbocycles. The average molecular weight is 310 g/mol. The second-order valence-electron chi connectivity index (χ2n) is 3.47. The third-order valence-electron chi connectivity index (χ3n) is 1.72. The van der Waals surface area contributed by atoms with Gasteiger partial charge in [0.05, 0.1) is 23.3 Å². The summed E-state index contributed by atoms with van der Waals surface area (Å²) < 4.78 is 0. The Morgan fingerprint density at radius 3 is 1.00 bits per heavy atom. The minimum Gasteiger partial charge on any atom is -0.701 e. The van der Waals surface area contributed by atoms with Crippen molar-refractivity contribution in [2.75, 3.05) is 0 Å². The van der Waals surface area contributed by atoms with E-state index in [4.69, 9.17) is 32.8 Å². The molecule has 0 aliphatic carbocycles. The van der Waals surface area contributed by atoms with Crippen molar-refractivity contribution < 1.29 is 19.5 Å². The van der Waals surface area contributed by atoms with Crippen LogP contribution >= 0.6 is 0 Å². The summed E-state index contributed by atoms with van der Waals surface area (Å²) >= 11 is 0. The molecule has 0 aromatic heterocycles. The number of rotatable bonds is 2. The molecule has 6 nitrogen and oxygen atoms in total. The molecule has 0 amide bonds. The Bertz CT molecular complexity index is 433. The minimum absolute atomic E-state index is 0. The van der Waals surface area contributed by atoms with Crippen LogP contribution in [0, 0.1) is 33.5 Å². The topological polar surface area (TPSA) is 143 Å². The molecule has 0 saturated heterocycles. The largest absolute Gasteiger partial charge is 2.00 e. The van der Waals surface area contributed by atoms with Gasteiger partial charge in [0, 0.05) is 11.4 Å². The Labute approximate surface area is 126 Å². The monoisotopic (exact) mass is 308 g/mol. The van der Waals surface area contributed by atoms with Crippen molar-refractivity contribution in [3.63, 3.8) is 0 Å². The van der Waals surface area contributed by atoms with Crippen molar-refractivity contribution in [1.82, 2.24) is 0 Å². The summed E-state index contributed by atoms with van der Waals surface area (Å²) in [5.74, 6) is 0. The van der Waals surface area contributed by atoms with E-state index in [1.54, 1.807) is 12.1 Å². The summed E-state index contributed by atoms with van der Waals surface area (Å²) in [6.45, 7) is 5.99. The SMILES string of the molecule is CC(=N)/C(C#N)=C(/C)[NH-].CC(=N)/C(C#N)=C(/C)[NH-].[Zn+2]. The van der Waals surface area contributed by atoms with Crippen molar-refractivity contribution in [3.05, 3.63) is 34.0 Å². The van der Waals surface area contributed by atoms with Crippen LogP contribution in [-0.2, 0) is 19.5 Å². The van der Waals surface area contributed by atoms with Gasteiger partial charge in [-0.15, -0.1) is 11.4 Å². The van der Waals surface area contributed by atoms with Gasteiger partial charge in [0.15, 0.2) is 0 Å². The van der Waals surface area contributed by atoms with E-state index >= 15 is 0 Å². The van der Waals surface area contributed by atoms with Crippen LogP contribution in [0.3, 0.4) is 0 Å². The molecule has 0 fully saturated rings. The van der Waals surface area contributed by atoms with Crippen LogP contribution in [0.25, 0.3) is 11.5 Å². The standard InChI is InChI=1S/2C6H8N3.Zn/c2*1-4(8)6(3-7)5(2)9;/h2*8-9H,1-2H3;/q2*-1;+2/b2*6-4-,9-5?;. The fourth-order valence-corrected chi connectivity index (χ4v) is 0.898. The number of nitriles is 2. The number of allylic oxidation sites excluding steroid dienone is 4. The van der Waals surface area contributed by atoms with E-state index in [0.717, 1.165) is 0 Å². The van der Waals surface area contributed by atoms with Crippen molar-refractivity contribution in [1.29, 1.82) is 21.3 Å². The van der Waals surface area contributed by atoms with Crippen LogP contribution in [0.4, 0.5) is 0 Å². The Morgan fingerprint density at radius 2 is 1.00 bits per heavy atom. The van der Waals surface area contributed by atoms with E-state index in [1.165, 1.54) is 27.7 Å². The summed E-state index contributed by atoms with van der Waals surface area (Å²) in [6, 6.07) is 3.54. The summed E-state index contributed by atoms with van der Waals surface area (Å²) in [6.07, 6.45) is 0. The van der Waals surface area contributed by atoms with Gasteiger partial charge >= 0.3 is 19.5 Å². The molecule has 19 heavy (non-hydrogen) atoms. The Morgan fingerprint density at radius 1 is 0.789 bits per heavy atom. The van der Waals surface area contributed by atoms with Gasteiger partial charge in [0.25, 0.3) is 0 Å². The van der Waals surface area contributed by atoms with Gasteiger partial charge in [-0.05, 0) is 13.8 Å². The molecule has 0 spiro atoms. The summed E-state index contributed by atoms with van der Waals surface area (Å²) in [5.41, 5.74) is 14.9. The van der Waals surface area contributed by atoms with Crippen LogP contribution in [-0.4, -0.2) is 11.4 Å². The molecule has 4 N–H and O–H groups in total. The predicted octanol–water partition coefficient (Wildman–Crippen LogP) is 3.75. The molecule has 0 aromatic rings. The Hall–Kier alpha value is -1.98. The van der Waals surface area contributed by atoms with Crippen LogP contribution in [0.1, 0.15) is 27.7 Å². The maximum Gasteiger partial charge on any atom is 2.00 e. The quantitative estimate of drug-likeness (QED) is 0.455. The van der Waals surface area contributed by atoms with Crippen LogP contribution in [0.15, 0.2) is 22.5 Å². The van der Waals surface area contributed by atoms with E-state index in [2.05, 4.69) is 0 Å². The van der Waals surface area contributed by atoms with Crippen molar-refractivity contribution in [3.8, 4) is 12.1 Å². The molecule has 0 radical (unpaired) electrons. The molecule has 0 atom stereocenters. The zero-order valence-electron chi connectivity index (χ0n) is 11.6. The number of hydrogen-bond acceptors (Lipinski definition) is 4. The summed E-state index contributed by atoms with van der Waals surface area (Å²) in [5, 5.41) is 30.6. The van der Waals surface area contributed by atoms with Gasteiger partial charge in [-0.1, -0.05) is 13.8 Å². The van der Waals surface area contributed by atoms with E-state index in [-0.39, 0.29) is 53.4 Å². The minimum atomic E-state index is 0. The normalized spacial score (nSPS) is 11.1. The summed E-state index contributed by atoms with van der Waals surface area (Å²) in [4.78, 5) is 0. The molecule has 0 unspecified atom stereocenters. The Kier molecular flexibility index (Phi) is 13.0. The van der Waals surface area contributed by atoms with E-state index in [0.29, 0.717) is 0 Å². The van der Waals surface area contributed by atoms with Crippen molar-refractivity contribution in [2.24, 2.45) is 0 Å². The second-order valence-corrected chi connectivity index (χ2v) is 3.47. The third kappa shape index (κ3) is 9.70. The first-order valence-electron chi connectivity index (χ1n) is 4.95. The number of nitrogens with zero attached hydrogens (tertiary/aromatic N) is 2. The van der Waals surface area contributed by atoms with E-state index in [1.807, 2.05) is 0 Å².